The van der Waals surface area contributed by atoms with Crippen molar-refractivity contribution in [1.82, 2.24) is 9.97 Å². The summed E-state index contributed by atoms with van der Waals surface area (Å²) in [6.45, 7) is 0. The fourth-order valence-electron chi connectivity index (χ4n) is 2.41. The van der Waals surface area contributed by atoms with Crippen LogP contribution >= 0.6 is 0 Å². The van der Waals surface area contributed by atoms with Crippen LogP contribution in [-0.2, 0) is 10.3 Å². The van der Waals surface area contributed by atoms with Crippen LogP contribution in [0.4, 0.5) is 0 Å². The van der Waals surface area contributed by atoms with Gasteiger partial charge in [-0.1, -0.05) is 0 Å². The lowest BCUT2D eigenvalue weighted by Gasteiger charge is -2.35. The van der Waals surface area contributed by atoms with Gasteiger partial charge in [0, 0.05) is 25.9 Å². The lowest BCUT2D eigenvalue weighted by Crippen LogP contribution is -2.37. The summed E-state index contributed by atoms with van der Waals surface area (Å²) in [5.74, 6) is 0.395. The minimum Gasteiger partial charge on any atom is -0.480 e. The molecule has 1 aromatic heterocycles. The molecule has 0 aromatic carbocycles. The molecule has 0 radical (unpaired) electrons. The predicted molar refractivity (Wildman–Crippen MR) is 61.7 cm³/mol. The maximum Gasteiger partial charge on any atom is 0.238 e. The summed E-state index contributed by atoms with van der Waals surface area (Å²) in [7, 11) is 3.21. The van der Waals surface area contributed by atoms with Gasteiger partial charge in [-0.15, -0.1) is 0 Å². The molecule has 0 aliphatic heterocycles. The summed E-state index contributed by atoms with van der Waals surface area (Å²) < 4.78 is 10.5. The standard InChI is InChI=1S/C12H18N2O3/c1-16-9-4-3-5-12(15,8-9)10-11(17-2)14-7-6-13-10/h6-7,9,15H,3-5,8H2,1-2H3. The maximum absolute atomic E-state index is 10.7. The van der Waals surface area contributed by atoms with Gasteiger partial charge in [0.05, 0.1) is 13.2 Å². The van der Waals surface area contributed by atoms with Crippen molar-refractivity contribution in [2.45, 2.75) is 37.4 Å². The van der Waals surface area contributed by atoms with Crippen molar-refractivity contribution >= 4 is 0 Å². The molecular formula is C12H18N2O3. The van der Waals surface area contributed by atoms with Gasteiger partial charge in [0.2, 0.25) is 5.88 Å². The minimum absolute atomic E-state index is 0.0699. The van der Waals surface area contributed by atoms with E-state index in [1.807, 2.05) is 0 Å². The average Bonchev–Trinajstić information content (AvgIpc) is 2.38. The topological polar surface area (TPSA) is 64.5 Å². The Morgan fingerprint density at radius 3 is 2.82 bits per heavy atom. The van der Waals surface area contributed by atoms with E-state index >= 15 is 0 Å². The van der Waals surface area contributed by atoms with Crippen molar-refractivity contribution in [2.75, 3.05) is 14.2 Å². The molecule has 17 heavy (non-hydrogen) atoms. The van der Waals surface area contributed by atoms with Gasteiger partial charge in [0.15, 0.2) is 0 Å². The van der Waals surface area contributed by atoms with Crippen molar-refractivity contribution in [3.8, 4) is 5.88 Å². The van der Waals surface area contributed by atoms with Gasteiger partial charge >= 0.3 is 0 Å². The molecule has 5 nitrogen and oxygen atoms in total. The van der Waals surface area contributed by atoms with E-state index in [0.29, 0.717) is 24.4 Å². The summed E-state index contributed by atoms with van der Waals surface area (Å²) in [6.07, 6.45) is 6.30. The minimum atomic E-state index is -0.988. The Morgan fingerprint density at radius 1 is 1.35 bits per heavy atom. The van der Waals surface area contributed by atoms with Crippen LogP contribution in [0.25, 0.3) is 0 Å². The van der Waals surface area contributed by atoms with Crippen LogP contribution in [0, 0.1) is 0 Å². The molecule has 1 aliphatic rings. The molecule has 0 amide bonds. The van der Waals surface area contributed by atoms with E-state index in [-0.39, 0.29) is 6.10 Å². The number of nitrogens with zero attached hydrogens (tertiary/aromatic N) is 2. The first-order valence-electron chi connectivity index (χ1n) is 5.80. The van der Waals surface area contributed by atoms with Crippen LogP contribution in [0.5, 0.6) is 5.88 Å². The summed E-state index contributed by atoms with van der Waals surface area (Å²) in [4.78, 5) is 8.30. The number of rotatable bonds is 3. The number of methoxy groups -OCH3 is 2. The first-order valence-corrected chi connectivity index (χ1v) is 5.80. The van der Waals surface area contributed by atoms with Crippen LogP contribution in [-0.4, -0.2) is 35.4 Å². The molecule has 1 fully saturated rings. The second-order valence-electron chi connectivity index (χ2n) is 4.40. The lowest BCUT2D eigenvalue weighted by atomic mass is 9.80. The predicted octanol–water partition coefficient (Wildman–Crippen LogP) is 1.26. The molecule has 0 saturated heterocycles. The van der Waals surface area contributed by atoms with Crippen molar-refractivity contribution in [3.63, 3.8) is 0 Å². The molecule has 5 heteroatoms. The molecule has 2 rings (SSSR count). The van der Waals surface area contributed by atoms with Crippen LogP contribution in [0.15, 0.2) is 12.4 Å². The van der Waals surface area contributed by atoms with Crippen molar-refractivity contribution in [2.24, 2.45) is 0 Å². The number of ether oxygens (including phenoxy) is 2. The van der Waals surface area contributed by atoms with Crippen molar-refractivity contribution < 1.29 is 14.6 Å². The Morgan fingerprint density at radius 2 is 2.12 bits per heavy atom. The fraction of sp³-hybridized carbons (Fsp3) is 0.667. The Hall–Kier alpha value is -1.20. The summed E-state index contributed by atoms with van der Waals surface area (Å²) in [6, 6.07) is 0. The SMILES string of the molecule is COc1nccnc1C1(O)CCCC(OC)C1. The van der Waals surface area contributed by atoms with E-state index in [2.05, 4.69) is 9.97 Å². The van der Waals surface area contributed by atoms with E-state index in [9.17, 15) is 5.11 Å². The van der Waals surface area contributed by atoms with E-state index in [1.54, 1.807) is 19.5 Å². The van der Waals surface area contributed by atoms with Gasteiger partial charge in [0.1, 0.15) is 11.3 Å². The monoisotopic (exact) mass is 238 g/mol. The smallest absolute Gasteiger partial charge is 0.238 e. The molecule has 1 N–H and O–H groups in total. The van der Waals surface area contributed by atoms with E-state index in [0.717, 1.165) is 12.8 Å². The van der Waals surface area contributed by atoms with Crippen molar-refractivity contribution in [3.05, 3.63) is 18.1 Å². The second kappa shape index (κ2) is 4.98. The average molecular weight is 238 g/mol. The number of aromatic nitrogens is 2. The number of aliphatic hydroxyl groups is 1. The molecule has 0 spiro atoms. The number of hydrogen-bond donors (Lipinski definition) is 1. The normalized spacial score (nSPS) is 29.0. The zero-order valence-corrected chi connectivity index (χ0v) is 10.2. The zero-order chi connectivity index (χ0) is 12.3. The summed E-state index contributed by atoms with van der Waals surface area (Å²) in [5, 5.41) is 10.7. The number of hydrogen-bond acceptors (Lipinski definition) is 5. The molecular weight excluding hydrogens is 220 g/mol. The highest BCUT2D eigenvalue weighted by molar-refractivity contribution is 5.25. The van der Waals surface area contributed by atoms with Gasteiger partial charge in [-0.2, -0.15) is 0 Å². The first kappa shape index (κ1) is 12.3. The quantitative estimate of drug-likeness (QED) is 0.858. The molecule has 1 aromatic rings. The highest BCUT2D eigenvalue weighted by atomic mass is 16.5. The fourth-order valence-corrected chi connectivity index (χ4v) is 2.41. The van der Waals surface area contributed by atoms with Gasteiger partial charge in [-0.05, 0) is 19.3 Å². The van der Waals surface area contributed by atoms with E-state index < -0.39 is 5.60 Å². The van der Waals surface area contributed by atoms with Crippen LogP contribution in [0.1, 0.15) is 31.4 Å². The third kappa shape index (κ3) is 2.40. The third-order valence-electron chi connectivity index (χ3n) is 3.31. The Labute approximate surface area is 101 Å². The molecule has 94 valence electrons. The van der Waals surface area contributed by atoms with Crippen LogP contribution in [0.3, 0.4) is 0 Å². The first-order chi connectivity index (χ1) is 8.19. The maximum atomic E-state index is 10.7. The largest absolute Gasteiger partial charge is 0.480 e. The highest BCUT2D eigenvalue weighted by Crippen LogP contribution is 2.39. The Bertz CT molecular complexity index is 386. The van der Waals surface area contributed by atoms with E-state index in [4.69, 9.17) is 9.47 Å². The Kier molecular flexibility index (Phi) is 3.59. The van der Waals surface area contributed by atoms with Crippen LogP contribution < -0.4 is 4.74 Å². The van der Waals surface area contributed by atoms with Gasteiger partial charge in [-0.25, -0.2) is 4.98 Å². The molecule has 1 heterocycles. The molecule has 1 saturated carbocycles. The van der Waals surface area contributed by atoms with Gasteiger partial charge < -0.3 is 14.6 Å². The molecule has 2 atom stereocenters. The molecule has 1 aliphatic carbocycles. The summed E-state index contributed by atoms with van der Waals surface area (Å²) in [5.41, 5.74) is -0.470. The molecule has 0 bridgehead atoms. The second-order valence-corrected chi connectivity index (χ2v) is 4.40. The molecule has 2 unspecified atom stereocenters. The lowest BCUT2D eigenvalue weighted by molar-refractivity contribution is -0.0671. The van der Waals surface area contributed by atoms with Gasteiger partial charge in [0.25, 0.3) is 0 Å². The Balaban J connectivity index is 2.30. The highest BCUT2D eigenvalue weighted by Gasteiger charge is 2.39. The zero-order valence-electron chi connectivity index (χ0n) is 10.2. The van der Waals surface area contributed by atoms with E-state index in [1.165, 1.54) is 7.11 Å². The summed E-state index contributed by atoms with van der Waals surface area (Å²) >= 11 is 0. The van der Waals surface area contributed by atoms with Crippen molar-refractivity contribution in [1.29, 1.82) is 0 Å². The third-order valence-corrected chi connectivity index (χ3v) is 3.31. The van der Waals surface area contributed by atoms with Gasteiger partial charge in [-0.3, -0.25) is 4.98 Å². The van der Waals surface area contributed by atoms with Crippen LogP contribution in [0.2, 0.25) is 0 Å².